The molecule has 0 aliphatic heterocycles. The van der Waals surface area contributed by atoms with E-state index >= 15 is 0 Å². The molecule has 0 saturated carbocycles. The molecule has 0 spiro atoms. The summed E-state index contributed by atoms with van der Waals surface area (Å²) in [7, 11) is -1.76. The first kappa shape index (κ1) is 10.8. The molecule has 0 aliphatic carbocycles. The summed E-state index contributed by atoms with van der Waals surface area (Å²) in [6.07, 6.45) is 0. The van der Waals surface area contributed by atoms with E-state index in [1.54, 1.807) is 11.3 Å². The molecule has 15 heavy (non-hydrogen) atoms. The van der Waals surface area contributed by atoms with Crippen LogP contribution in [0.5, 0.6) is 0 Å². The van der Waals surface area contributed by atoms with Crippen molar-refractivity contribution >= 4 is 34.5 Å². The first-order chi connectivity index (χ1) is 7.13. The summed E-state index contributed by atoms with van der Waals surface area (Å²) in [5.41, 5.74) is 1.10. The second-order valence-electron chi connectivity index (χ2n) is 3.93. The highest BCUT2D eigenvalue weighted by Gasteiger charge is 2.28. The highest BCUT2D eigenvalue weighted by molar-refractivity contribution is 7.30. The van der Waals surface area contributed by atoms with Crippen LogP contribution in [0.15, 0.2) is 24.3 Å². The van der Waals surface area contributed by atoms with E-state index < -0.39 is 8.32 Å². The van der Waals surface area contributed by atoms with E-state index in [0.29, 0.717) is 0 Å². The predicted octanol–water partition coefficient (Wildman–Crippen LogP) is 2.74. The molecule has 0 bridgehead atoms. The number of aromatic nitrogens is 1. The van der Waals surface area contributed by atoms with Crippen molar-refractivity contribution < 1.29 is 4.43 Å². The van der Waals surface area contributed by atoms with Gasteiger partial charge in [0, 0.05) is 6.61 Å². The molecule has 1 heterocycles. The molecule has 2 nitrogen and oxygen atoms in total. The zero-order chi connectivity index (χ0) is 10.9. The van der Waals surface area contributed by atoms with Crippen LogP contribution in [-0.2, 0) is 4.43 Å². The van der Waals surface area contributed by atoms with E-state index in [9.17, 15) is 0 Å². The number of para-hydroxylation sites is 1. The second-order valence-corrected chi connectivity index (χ2v) is 9.11. The Morgan fingerprint density at radius 1 is 1.33 bits per heavy atom. The zero-order valence-electron chi connectivity index (χ0n) is 9.28. The van der Waals surface area contributed by atoms with Crippen LogP contribution < -0.4 is 4.63 Å². The molecular formula is C11H15NOSSi. The lowest BCUT2D eigenvalue weighted by Crippen LogP contribution is -2.44. The summed E-state index contributed by atoms with van der Waals surface area (Å²) in [5.74, 6) is 0. The van der Waals surface area contributed by atoms with Crippen LogP contribution in [0.3, 0.4) is 0 Å². The average molecular weight is 237 g/mol. The van der Waals surface area contributed by atoms with Gasteiger partial charge in [0.25, 0.3) is 0 Å². The number of thiazole rings is 1. The largest absolute Gasteiger partial charge is 0.411 e. The molecule has 0 N–H and O–H groups in total. The lowest BCUT2D eigenvalue weighted by Gasteiger charge is -2.18. The Morgan fingerprint density at radius 3 is 2.73 bits per heavy atom. The standard InChI is InChI=1S/C11H15NOSSi/c1-4-13-15(2,3)11-12-9-7-5-6-8-10(9)14-11/h5-8H,4H2,1-3H3. The summed E-state index contributed by atoms with van der Waals surface area (Å²) in [5, 5.41) is 0. The molecule has 0 radical (unpaired) electrons. The molecule has 0 atom stereocenters. The molecule has 2 aromatic rings. The van der Waals surface area contributed by atoms with Gasteiger partial charge in [0.15, 0.2) is 0 Å². The minimum Gasteiger partial charge on any atom is -0.411 e. The first-order valence-electron chi connectivity index (χ1n) is 5.13. The fourth-order valence-electron chi connectivity index (χ4n) is 1.55. The van der Waals surface area contributed by atoms with Crippen molar-refractivity contribution in [3.05, 3.63) is 24.3 Å². The SMILES string of the molecule is CCO[Si](C)(C)c1nc2ccccc2s1. The monoisotopic (exact) mass is 237 g/mol. The maximum Gasteiger partial charge on any atom is 0.249 e. The van der Waals surface area contributed by atoms with Crippen molar-refractivity contribution in [2.75, 3.05) is 6.61 Å². The second kappa shape index (κ2) is 4.04. The Bertz CT molecular complexity index is 433. The van der Waals surface area contributed by atoms with Crippen molar-refractivity contribution in [2.24, 2.45) is 0 Å². The highest BCUT2D eigenvalue weighted by atomic mass is 32.1. The summed E-state index contributed by atoms with van der Waals surface area (Å²) in [6, 6.07) is 8.26. The Kier molecular flexibility index (Phi) is 2.91. The maximum absolute atomic E-state index is 5.83. The molecule has 80 valence electrons. The van der Waals surface area contributed by atoms with Crippen LogP contribution in [-0.4, -0.2) is 19.9 Å². The lowest BCUT2D eigenvalue weighted by molar-refractivity contribution is 0.339. The maximum atomic E-state index is 5.83. The summed E-state index contributed by atoms with van der Waals surface area (Å²) >= 11 is 1.77. The van der Waals surface area contributed by atoms with Crippen molar-refractivity contribution in [2.45, 2.75) is 20.0 Å². The third-order valence-corrected chi connectivity index (χ3v) is 7.10. The van der Waals surface area contributed by atoms with E-state index in [-0.39, 0.29) is 0 Å². The van der Waals surface area contributed by atoms with Gasteiger partial charge in [-0.15, -0.1) is 11.3 Å². The fourth-order valence-corrected chi connectivity index (χ4v) is 4.99. The molecule has 0 amide bonds. The van der Waals surface area contributed by atoms with Crippen LogP contribution in [0.4, 0.5) is 0 Å². The lowest BCUT2D eigenvalue weighted by atomic mass is 10.3. The van der Waals surface area contributed by atoms with Gasteiger partial charge in [-0.25, -0.2) is 4.98 Å². The average Bonchev–Trinajstić information content (AvgIpc) is 2.61. The molecule has 1 aromatic heterocycles. The van der Waals surface area contributed by atoms with Gasteiger partial charge in [-0.05, 0) is 32.2 Å². The number of hydrogen-bond acceptors (Lipinski definition) is 3. The van der Waals surface area contributed by atoms with Crippen LogP contribution >= 0.6 is 11.3 Å². The summed E-state index contributed by atoms with van der Waals surface area (Å²) < 4.78 is 8.27. The third kappa shape index (κ3) is 2.12. The van der Waals surface area contributed by atoms with E-state index in [4.69, 9.17) is 4.43 Å². The van der Waals surface area contributed by atoms with E-state index in [2.05, 4.69) is 36.3 Å². The van der Waals surface area contributed by atoms with Crippen LogP contribution in [0.1, 0.15) is 6.92 Å². The number of hydrogen-bond donors (Lipinski definition) is 0. The third-order valence-electron chi connectivity index (χ3n) is 2.31. The smallest absolute Gasteiger partial charge is 0.249 e. The molecule has 0 unspecified atom stereocenters. The van der Waals surface area contributed by atoms with Crippen molar-refractivity contribution in [1.82, 2.24) is 4.98 Å². The first-order valence-corrected chi connectivity index (χ1v) is 8.86. The van der Waals surface area contributed by atoms with Crippen LogP contribution in [0.25, 0.3) is 10.2 Å². The van der Waals surface area contributed by atoms with Gasteiger partial charge in [-0.1, -0.05) is 12.1 Å². The molecule has 1 aromatic carbocycles. The van der Waals surface area contributed by atoms with Gasteiger partial charge in [0.1, 0.15) is 4.63 Å². The van der Waals surface area contributed by atoms with Crippen molar-refractivity contribution in [3.8, 4) is 0 Å². The Balaban J connectivity index is 2.44. The highest BCUT2D eigenvalue weighted by Crippen LogP contribution is 2.18. The van der Waals surface area contributed by atoms with Gasteiger partial charge >= 0.3 is 0 Å². The van der Waals surface area contributed by atoms with E-state index in [1.807, 2.05) is 13.0 Å². The number of benzene rings is 1. The Hall–Kier alpha value is -0.713. The predicted molar refractivity (Wildman–Crippen MR) is 68.4 cm³/mol. The molecule has 4 heteroatoms. The van der Waals surface area contributed by atoms with Crippen molar-refractivity contribution in [1.29, 1.82) is 0 Å². The van der Waals surface area contributed by atoms with Gasteiger partial charge in [-0.3, -0.25) is 0 Å². The minimum atomic E-state index is -1.76. The molecule has 0 aliphatic rings. The van der Waals surface area contributed by atoms with Gasteiger partial charge in [0.05, 0.1) is 10.2 Å². The van der Waals surface area contributed by atoms with Gasteiger partial charge in [-0.2, -0.15) is 0 Å². The number of fused-ring (bicyclic) bond motifs is 1. The Labute approximate surface area is 95.1 Å². The minimum absolute atomic E-state index is 0.773. The van der Waals surface area contributed by atoms with E-state index in [0.717, 1.165) is 12.1 Å². The molecule has 0 saturated heterocycles. The van der Waals surface area contributed by atoms with Gasteiger partial charge in [0.2, 0.25) is 8.32 Å². The van der Waals surface area contributed by atoms with Crippen LogP contribution in [0, 0.1) is 0 Å². The molecule has 2 rings (SSSR count). The van der Waals surface area contributed by atoms with Gasteiger partial charge < -0.3 is 4.43 Å². The normalized spacial score (nSPS) is 12.2. The Morgan fingerprint density at radius 2 is 2.07 bits per heavy atom. The zero-order valence-corrected chi connectivity index (χ0v) is 11.1. The van der Waals surface area contributed by atoms with Crippen molar-refractivity contribution in [3.63, 3.8) is 0 Å². The quantitative estimate of drug-likeness (QED) is 0.766. The van der Waals surface area contributed by atoms with E-state index in [1.165, 1.54) is 9.33 Å². The summed E-state index contributed by atoms with van der Waals surface area (Å²) in [6.45, 7) is 7.22. The summed E-state index contributed by atoms with van der Waals surface area (Å²) in [4.78, 5) is 4.66. The number of nitrogens with zero attached hydrogens (tertiary/aromatic N) is 1. The topological polar surface area (TPSA) is 22.1 Å². The molecule has 0 fully saturated rings. The molecular weight excluding hydrogens is 222 g/mol. The number of rotatable bonds is 3. The van der Waals surface area contributed by atoms with Crippen LogP contribution in [0.2, 0.25) is 13.1 Å². The fraction of sp³-hybridized carbons (Fsp3) is 0.364.